The van der Waals surface area contributed by atoms with Gasteiger partial charge in [-0.05, 0) is 57.2 Å². The Morgan fingerprint density at radius 3 is 2.64 bits per heavy atom. The SMILES string of the molecule is Cc1ccc2[nH]c(=O)n(C3CCN([C@@H]4CCOC(C)C4)CC3)c2c1.Cl. The molecule has 2 aliphatic rings. The molecule has 2 fully saturated rings. The smallest absolute Gasteiger partial charge is 0.326 e. The first kappa shape index (κ1) is 18.5. The molecule has 2 saturated heterocycles. The highest BCUT2D eigenvalue weighted by atomic mass is 35.5. The summed E-state index contributed by atoms with van der Waals surface area (Å²) in [7, 11) is 0. The summed E-state index contributed by atoms with van der Waals surface area (Å²) in [4.78, 5) is 18.1. The highest BCUT2D eigenvalue weighted by molar-refractivity contribution is 5.85. The van der Waals surface area contributed by atoms with E-state index in [0.717, 1.165) is 56.4 Å². The molecule has 0 bridgehead atoms. The lowest BCUT2D eigenvalue weighted by molar-refractivity contribution is -0.0241. The molecule has 2 aliphatic heterocycles. The molecular weight excluding hydrogens is 338 g/mol. The van der Waals surface area contributed by atoms with E-state index in [2.05, 4.69) is 35.9 Å². The van der Waals surface area contributed by atoms with Crippen molar-refractivity contribution in [3.63, 3.8) is 0 Å². The minimum absolute atomic E-state index is 0. The minimum atomic E-state index is 0. The van der Waals surface area contributed by atoms with Gasteiger partial charge in [0.15, 0.2) is 0 Å². The van der Waals surface area contributed by atoms with Crippen LogP contribution in [0.15, 0.2) is 23.0 Å². The predicted octanol–water partition coefficient (Wildman–Crippen LogP) is 3.26. The lowest BCUT2D eigenvalue weighted by atomic mass is 9.97. The number of rotatable bonds is 2. The number of nitrogens with one attached hydrogen (secondary N) is 1. The molecule has 1 aromatic carbocycles. The normalized spacial score (nSPS) is 25.8. The number of fused-ring (bicyclic) bond motifs is 1. The summed E-state index contributed by atoms with van der Waals surface area (Å²) in [6, 6.07) is 7.15. The van der Waals surface area contributed by atoms with E-state index in [1.807, 2.05) is 10.6 Å². The molecular formula is C19H28ClN3O2. The number of aromatic amines is 1. The Kier molecular flexibility index (Phi) is 5.56. The van der Waals surface area contributed by atoms with Gasteiger partial charge in [0.1, 0.15) is 0 Å². The zero-order valence-corrected chi connectivity index (χ0v) is 15.8. The van der Waals surface area contributed by atoms with Gasteiger partial charge in [-0.25, -0.2) is 4.79 Å². The zero-order chi connectivity index (χ0) is 16.7. The summed E-state index contributed by atoms with van der Waals surface area (Å²) in [5, 5.41) is 0. The van der Waals surface area contributed by atoms with Crippen molar-refractivity contribution in [1.82, 2.24) is 14.5 Å². The van der Waals surface area contributed by atoms with Gasteiger partial charge >= 0.3 is 5.69 Å². The molecule has 0 radical (unpaired) electrons. The van der Waals surface area contributed by atoms with Crippen molar-refractivity contribution in [3.8, 4) is 0 Å². The van der Waals surface area contributed by atoms with Crippen molar-refractivity contribution in [2.75, 3.05) is 19.7 Å². The fraction of sp³-hybridized carbons (Fsp3) is 0.632. The van der Waals surface area contributed by atoms with Crippen molar-refractivity contribution in [3.05, 3.63) is 34.2 Å². The molecule has 1 aromatic heterocycles. The van der Waals surface area contributed by atoms with Crippen molar-refractivity contribution >= 4 is 23.4 Å². The van der Waals surface area contributed by atoms with Crippen LogP contribution in [0.25, 0.3) is 11.0 Å². The van der Waals surface area contributed by atoms with Gasteiger partial charge in [0, 0.05) is 31.8 Å². The first-order valence-electron chi connectivity index (χ1n) is 9.18. The van der Waals surface area contributed by atoms with Crippen LogP contribution in [-0.4, -0.2) is 46.3 Å². The average Bonchev–Trinajstić information content (AvgIpc) is 2.90. The van der Waals surface area contributed by atoms with Crippen molar-refractivity contribution in [1.29, 1.82) is 0 Å². The Labute approximate surface area is 154 Å². The molecule has 2 atom stereocenters. The molecule has 1 N–H and O–H groups in total. The van der Waals surface area contributed by atoms with Crippen molar-refractivity contribution in [2.24, 2.45) is 0 Å². The summed E-state index contributed by atoms with van der Waals surface area (Å²) in [5.74, 6) is 0. The van der Waals surface area contributed by atoms with Crippen molar-refractivity contribution in [2.45, 2.75) is 57.7 Å². The van der Waals surface area contributed by atoms with Crippen LogP contribution in [0.2, 0.25) is 0 Å². The van der Waals surface area contributed by atoms with E-state index in [1.165, 1.54) is 5.56 Å². The average molecular weight is 366 g/mol. The summed E-state index contributed by atoms with van der Waals surface area (Å²) in [5.41, 5.74) is 3.24. The third-order valence-corrected chi connectivity index (χ3v) is 5.71. The van der Waals surface area contributed by atoms with Gasteiger partial charge < -0.3 is 14.6 Å². The fourth-order valence-electron chi connectivity index (χ4n) is 4.41. The first-order valence-corrected chi connectivity index (χ1v) is 9.18. The van der Waals surface area contributed by atoms with Crippen molar-refractivity contribution < 1.29 is 4.74 Å². The van der Waals surface area contributed by atoms with E-state index in [-0.39, 0.29) is 18.1 Å². The molecule has 138 valence electrons. The monoisotopic (exact) mass is 365 g/mol. The van der Waals surface area contributed by atoms with Gasteiger partial charge in [-0.3, -0.25) is 4.57 Å². The van der Waals surface area contributed by atoms with Gasteiger partial charge in [-0.2, -0.15) is 0 Å². The quantitative estimate of drug-likeness (QED) is 0.888. The topological polar surface area (TPSA) is 50.3 Å². The van der Waals surface area contributed by atoms with E-state index in [9.17, 15) is 4.79 Å². The van der Waals surface area contributed by atoms with E-state index in [0.29, 0.717) is 18.2 Å². The van der Waals surface area contributed by atoms with Gasteiger partial charge in [0.25, 0.3) is 0 Å². The Balaban J connectivity index is 0.00000182. The number of aromatic nitrogens is 2. The molecule has 0 aliphatic carbocycles. The summed E-state index contributed by atoms with van der Waals surface area (Å²) in [6.45, 7) is 7.29. The second kappa shape index (κ2) is 7.52. The lowest BCUT2D eigenvalue weighted by Gasteiger charge is -2.40. The largest absolute Gasteiger partial charge is 0.378 e. The molecule has 4 rings (SSSR count). The third-order valence-electron chi connectivity index (χ3n) is 5.71. The van der Waals surface area contributed by atoms with Gasteiger partial charge in [0.05, 0.1) is 17.1 Å². The Hall–Kier alpha value is -1.30. The van der Waals surface area contributed by atoms with Crippen LogP contribution in [0.5, 0.6) is 0 Å². The maximum absolute atomic E-state index is 12.5. The van der Waals surface area contributed by atoms with Crippen LogP contribution >= 0.6 is 12.4 Å². The van der Waals surface area contributed by atoms with Gasteiger partial charge in [0.2, 0.25) is 0 Å². The number of nitrogens with zero attached hydrogens (tertiary/aromatic N) is 2. The second-order valence-electron chi connectivity index (χ2n) is 7.45. The number of piperidine rings is 1. The number of aryl methyl sites for hydroxylation is 1. The van der Waals surface area contributed by atoms with Crippen LogP contribution in [0.3, 0.4) is 0 Å². The van der Waals surface area contributed by atoms with Crippen LogP contribution in [0.1, 0.15) is 44.2 Å². The zero-order valence-electron chi connectivity index (χ0n) is 15.0. The second-order valence-corrected chi connectivity index (χ2v) is 7.45. The maximum atomic E-state index is 12.5. The highest BCUT2D eigenvalue weighted by Crippen LogP contribution is 2.29. The number of halogens is 1. The molecule has 0 amide bonds. The summed E-state index contributed by atoms with van der Waals surface area (Å²) < 4.78 is 7.67. The molecule has 6 heteroatoms. The summed E-state index contributed by atoms with van der Waals surface area (Å²) >= 11 is 0. The lowest BCUT2D eigenvalue weighted by Crippen LogP contribution is -2.46. The van der Waals surface area contributed by atoms with Crippen LogP contribution in [0, 0.1) is 6.92 Å². The van der Waals surface area contributed by atoms with E-state index < -0.39 is 0 Å². The number of hydrogen-bond acceptors (Lipinski definition) is 3. The first-order chi connectivity index (χ1) is 11.6. The maximum Gasteiger partial charge on any atom is 0.326 e. The summed E-state index contributed by atoms with van der Waals surface area (Å²) in [6.07, 6.45) is 4.75. The number of imidazole rings is 1. The standard InChI is InChI=1S/C19H27N3O2.ClH/c1-13-3-4-17-18(11-13)22(19(23)20-17)15-5-8-21(9-6-15)16-7-10-24-14(2)12-16;/h3-4,11,14-16H,5-10,12H2,1-2H3,(H,20,23);1H/t14?,16-;/m1./s1. The van der Waals surface area contributed by atoms with Crippen LogP contribution in [0.4, 0.5) is 0 Å². The highest BCUT2D eigenvalue weighted by Gasteiger charge is 2.30. The van der Waals surface area contributed by atoms with Crippen LogP contribution < -0.4 is 5.69 Å². The van der Waals surface area contributed by atoms with Gasteiger partial charge in [-0.1, -0.05) is 6.07 Å². The van der Waals surface area contributed by atoms with E-state index in [4.69, 9.17) is 4.74 Å². The molecule has 25 heavy (non-hydrogen) atoms. The number of likely N-dealkylation sites (tertiary alicyclic amines) is 1. The third kappa shape index (κ3) is 3.64. The van der Waals surface area contributed by atoms with Crippen LogP contribution in [-0.2, 0) is 4.74 Å². The van der Waals surface area contributed by atoms with Gasteiger partial charge in [-0.15, -0.1) is 12.4 Å². The molecule has 3 heterocycles. The minimum Gasteiger partial charge on any atom is -0.378 e. The van der Waals surface area contributed by atoms with E-state index >= 15 is 0 Å². The Morgan fingerprint density at radius 1 is 1.16 bits per heavy atom. The number of ether oxygens (including phenoxy) is 1. The molecule has 5 nitrogen and oxygen atoms in total. The number of H-pyrrole nitrogens is 1. The molecule has 2 aromatic rings. The molecule has 1 unspecified atom stereocenters. The number of hydrogen-bond donors (Lipinski definition) is 1. The van der Waals surface area contributed by atoms with E-state index in [1.54, 1.807) is 0 Å². The fourth-order valence-corrected chi connectivity index (χ4v) is 4.41. The Morgan fingerprint density at radius 2 is 1.92 bits per heavy atom. The Bertz CT molecular complexity index is 777. The number of benzene rings is 1. The molecule has 0 saturated carbocycles. The predicted molar refractivity (Wildman–Crippen MR) is 103 cm³/mol. The molecule has 0 spiro atoms.